The van der Waals surface area contributed by atoms with E-state index in [4.69, 9.17) is 38.5 Å². The third-order valence-corrected chi connectivity index (χ3v) is 16.0. The van der Waals surface area contributed by atoms with Gasteiger partial charge in [0, 0.05) is 60.1 Å². The lowest BCUT2D eigenvalue weighted by Crippen LogP contribution is -2.53. The van der Waals surface area contributed by atoms with Crippen LogP contribution in [0.1, 0.15) is 52.7 Å². The molecule has 1 saturated carbocycles. The second-order valence-corrected chi connectivity index (χ2v) is 24.2. The Morgan fingerprint density at radius 1 is 0.866 bits per heavy atom. The molecule has 1 aliphatic carbocycles. The van der Waals surface area contributed by atoms with Gasteiger partial charge in [0.05, 0.1) is 38.1 Å². The SMILES string of the molecule is C/N=C(\C=C/N(C=O)[C@@H]1O[C@H](COP(=O)(O)O)[C@@H](O)[C@@H]1F)NC(=O)COC(=O)CCNC(=O)C(CSC1CCC1SCC(NC(C)(C)C)C(=O)NCCC(=O)OCC(=O)Nc1ccn([C@@H]2OC(COP(=O)(O)O)[C@@H](O)[C@@H]2F)c(=O)n1)NC. The van der Waals surface area contributed by atoms with E-state index in [1.165, 1.54) is 7.05 Å². The van der Waals surface area contributed by atoms with Crippen LogP contribution in [0.15, 0.2) is 34.3 Å². The predicted octanol–water partition coefficient (Wildman–Crippen LogP) is -3.02. The molecule has 12 N–H and O–H groups in total. The number of likely N-dealkylation sites (N-methyl/N-ethyl adjacent to an activating group) is 1. The predicted molar refractivity (Wildman–Crippen MR) is 284 cm³/mol. The highest BCUT2D eigenvalue weighted by molar-refractivity contribution is 8.04. The number of hydrogen-bond donors (Lipinski definition) is 12. The number of ether oxygens (including phenoxy) is 4. The van der Waals surface area contributed by atoms with Crippen molar-refractivity contribution in [3.63, 3.8) is 0 Å². The quantitative estimate of drug-likeness (QED) is 0.0112. The van der Waals surface area contributed by atoms with E-state index >= 15 is 0 Å². The van der Waals surface area contributed by atoms with Gasteiger partial charge in [-0.3, -0.25) is 57.1 Å². The van der Waals surface area contributed by atoms with Crippen molar-refractivity contribution >= 4 is 92.8 Å². The fraction of sp³-hybridized carbons (Fsp3) is 0.682. The van der Waals surface area contributed by atoms with E-state index in [2.05, 4.69) is 50.9 Å². The lowest BCUT2D eigenvalue weighted by Gasteiger charge is -2.37. The van der Waals surface area contributed by atoms with E-state index in [0.717, 1.165) is 37.4 Å². The summed E-state index contributed by atoms with van der Waals surface area (Å²) in [7, 11) is -7.08. The molecule has 3 aliphatic rings. The van der Waals surface area contributed by atoms with Gasteiger partial charge < -0.3 is 80.6 Å². The number of esters is 2. The maximum absolute atomic E-state index is 14.8. The van der Waals surface area contributed by atoms with Gasteiger partial charge in [-0.2, -0.15) is 28.5 Å². The van der Waals surface area contributed by atoms with Crippen LogP contribution in [0.5, 0.6) is 0 Å². The number of carbonyl (C=O) groups excluding carboxylic acids is 7. The Balaban J connectivity index is 1.12. The van der Waals surface area contributed by atoms with Crippen molar-refractivity contribution < 1.29 is 109 Å². The van der Waals surface area contributed by atoms with Crippen LogP contribution >= 0.6 is 39.2 Å². The lowest BCUT2D eigenvalue weighted by atomic mass is 9.99. The Hall–Kier alpha value is -4.88. The molecule has 2 saturated heterocycles. The Kier molecular flexibility index (Phi) is 27.5. The summed E-state index contributed by atoms with van der Waals surface area (Å²) in [6.45, 7) is 2.07. The molecule has 1 aromatic rings. The van der Waals surface area contributed by atoms with Gasteiger partial charge in [0.2, 0.25) is 18.2 Å². The number of hydrogen-bond acceptors (Lipinski definition) is 24. The van der Waals surface area contributed by atoms with Gasteiger partial charge in [0.25, 0.3) is 11.8 Å². The number of amidine groups is 1. The van der Waals surface area contributed by atoms with Gasteiger partial charge in [0.15, 0.2) is 38.0 Å². The summed E-state index contributed by atoms with van der Waals surface area (Å²) in [6.07, 6.45) is -10.5. The number of halogens is 2. The Bertz CT molecular complexity index is 2600. The van der Waals surface area contributed by atoms with Crippen molar-refractivity contribution in [2.24, 2.45) is 4.99 Å². The number of aliphatic hydroxyl groups is 2. The van der Waals surface area contributed by atoms with Gasteiger partial charge in [-0.1, -0.05) is 0 Å². The van der Waals surface area contributed by atoms with Crippen molar-refractivity contribution in [3.8, 4) is 0 Å². The zero-order chi connectivity index (χ0) is 61.1. The van der Waals surface area contributed by atoms with E-state index in [9.17, 15) is 66.5 Å². The van der Waals surface area contributed by atoms with Crippen LogP contribution < -0.4 is 37.6 Å². The average molecular weight is 1250 g/mol. The highest BCUT2D eigenvalue weighted by Crippen LogP contribution is 2.42. The Morgan fingerprint density at radius 3 is 1.89 bits per heavy atom. The van der Waals surface area contributed by atoms with Gasteiger partial charge in [-0.05, 0) is 52.8 Å². The summed E-state index contributed by atoms with van der Waals surface area (Å²) < 4.78 is 81.0. The molecule has 12 atom stereocenters. The van der Waals surface area contributed by atoms with Crippen LogP contribution in [0.25, 0.3) is 0 Å². The second kappa shape index (κ2) is 32.4. The molecule has 3 heterocycles. The molecule has 82 heavy (non-hydrogen) atoms. The molecular weight excluding hydrogens is 1180 g/mol. The summed E-state index contributed by atoms with van der Waals surface area (Å²) in [6, 6.07) is -0.237. The minimum Gasteiger partial charge on any atom is -0.456 e. The lowest BCUT2D eigenvalue weighted by molar-refractivity contribution is -0.148. The van der Waals surface area contributed by atoms with Crippen molar-refractivity contribution in [2.45, 2.75) is 124 Å². The van der Waals surface area contributed by atoms with Gasteiger partial charge in [-0.25, -0.2) is 22.7 Å². The zero-order valence-electron chi connectivity index (χ0n) is 44.8. The number of anilines is 1. The first-order valence-corrected chi connectivity index (χ1v) is 30.0. The largest absolute Gasteiger partial charge is 0.469 e. The number of aromatic nitrogens is 2. The van der Waals surface area contributed by atoms with Crippen molar-refractivity contribution in [2.75, 3.05) is 70.4 Å². The Morgan fingerprint density at radius 2 is 1.39 bits per heavy atom. The Labute approximate surface area is 475 Å². The number of alkyl halides is 2. The van der Waals surface area contributed by atoms with Crippen molar-refractivity contribution in [3.05, 3.63) is 35.0 Å². The maximum atomic E-state index is 14.8. The third-order valence-electron chi connectivity index (χ3n) is 11.8. The summed E-state index contributed by atoms with van der Waals surface area (Å²) in [5, 5.41) is 36.6. The molecule has 4 rings (SSSR count). The third kappa shape index (κ3) is 23.3. The molecule has 5 unspecified atom stereocenters. The fourth-order valence-electron chi connectivity index (χ4n) is 7.54. The van der Waals surface area contributed by atoms with Crippen LogP contribution in [0.3, 0.4) is 0 Å². The number of nitrogens with zero attached hydrogens (tertiary/aromatic N) is 4. The highest BCUT2D eigenvalue weighted by atomic mass is 32.2. The monoisotopic (exact) mass is 1250 g/mol. The molecule has 1 aromatic heterocycles. The number of aliphatic hydroxyl groups excluding tert-OH is 2. The molecular formula is C44H68F2N10O22P2S2. The summed E-state index contributed by atoms with van der Waals surface area (Å²) >= 11 is 3.15. The number of phosphoric acid groups is 2. The molecule has 0 spiro atoms. The van der Waals surface area contributed by atoms with Gasteiger partial charge in [0.1, 0.15) is 36.1 Å². The van der Waals surface area contributed by atoms with E-state index in [-0.39, 0.29) is 54.5 Å². The molecule has 0 bridgehead atoms. The number of amides is 5. The molecule has 5 amide bonds. The molecule has 2 aliphatic heterocycles. The normalized spacial score (nSPS) is 24.7. The first kappa shape index (κ1) is 69.6. The number of rotatable bonds is 32. The fourth-order valence-corrected chi connectivity index (χ4v) is 11.4. The van der Waals surface area contributed by atoms with Crippen molar-refractivity contribution in [1.29, 1.82) is 0 Å². The van der Waals surface area contributed by atoms with Crippen LogP contribution in [0.2, 0.25) is 0 Å². The molecule has 0 aromatic carbocycles. The minimum absolute atomic E-state index is 0.121. The number of phosphoric ester groups is 2. The van der Waals surface area contributed by atoms with Crippen molar-refractivity contribution in [1.82, 2.24) is 41.0 Å². The smallest absolute Gasteiger partial charge is 0.456 e. The summed E-state index contributed by atoms with van der Waals surface area (Å²) in [5.74, 6) is -3.94. The molecule has 462 valence electrons. The summed E-state index contributed by atoms with van der Waals surface area (Å²) in [4.78, 5) is 144. The topological polar surface area (TPSA) is 453 Å². The molecule has 3 fully saturated rings. The van der Waals surface area contributed by atoms with E-state index in [0.29, 0.717) is 21.0 Å². The van der Waals surface area contributed by atoms with E-state index in [1.807, 2.05) is 20.8 Å². The first-order valence-electron chi connectivity index (χ1n) is 24.9. The van der Waals surface area contributed by atoms with Crippen LogP contribution in [-0.4, -0.2) is 228 Å². The number of carbonyl (C=O) groups is 7. The molecule has 0 radical (unpaired) electrons. The van der Waals surface area contributed by atoms with Gasteiger partial charge in [-0.15, -0.1) is 0 Å². The number of aliphatic imine (C=N–C) groups is 1. The van der Waals surface area contributed by atoms with Crippen LogP contribution in [-0.2, 0) is 70.7 Å². The standard InChI is InChI=1S/C44H68F2N10O22P2S2/c1-44(2,3)54-24(40(65)50-13-9-34(61)74-19-32(59)52-30-11-15-56(43(66)53-30)42-36(46)38(63)26(78-42)17-76-80(70,71)72)21-82-28-7-6-27(28)81-20-23(47-4)39(64)49-12-8-33(60)73-18-31(58)51-29(48-5)10-14-55(22-57)41-35(45)37(62)25(77-41)16-75-79(67,68)69/h10-11,14-15,22-28,35-38,41-42,47,54,62-63H,6-9,12-13,16-21H2,1-5H3,(H,49,64)(H,50,65)(H,48,51,58)(H2,67,68,69)(H2,70,71,72)(H,52,53,59,66)/b14-10-/t23?,24?,25-,26?,27?,28?,35+,36+,37-,38-,41-,42-/m1/s1. The van der Waals surface area contributed by atoms with E-state index in [1.54, 1.807) is 30.6 Å². The maximum Gasteiger partial charge on any atom is 0.469 e. The zero-order valence-corrected chi connectivity index (χ0v) is 48.2. The minimum atomic E-state index is -4.97. The van der Waals surface area contributed by atoms with Crippen LogP contribution in [0, 0.1) is 0 Å². The van der Waals surface area contributed by atoms with Crippen LogP contribution in [0.4, 0.5) is 14.6 Å². The molecule has 32 nitrogen and oxygen atoms in total. The molecule has 38 heteroatoms. The summed E-state index contributed by atoms with van der Waals surface area (Å²) in [5.41, 5.74) is -1.61. The second-order valence-electron chi connectivity index (χ2n) is 19.2. The number of nitrogens with one attached hydrogen (secondary N) is 6. The number of thioether (sulfide) groups is 2. The van der Waals surface area contributed by atoms with E-state index < -0.39 is 150 Å². The van der Waals surface area contributed by atoms with Gasteiger partial charge >= 0.3 is 33.3 Å². The average Bonchev–Trinajstić information content (AvgIpc) is 4.09. The first-order chi connectivity index (χ1) is 38.4. The highest BCUT2D eigenvalue weighted by Gasteiger charge is 2.48.